The van der Waals surface area contributed by atoms with Crippen molar-refractivity contribution in [2.75, 3.05) is 5.32 Å². The number of nitrogens with one attached hydrogen (secondary N) is 2. The van der Waals surface area contributed by atoms with Crippen LogP contribution in [0.25, 0.3) is 23.0 Å². The Morgan fingerprint density at radius 2 is 1.88 bits per heavy atom. The van der Waals surface area contributed by atoms with Crippen molar-refractivity contribution in [3.05, 3.63) is 102 Å². The van der Waals surface area contributed by atoms with Gasteiger partial charge in [-0.05, 0) is 54.1 Å². The highest BCUT2D eigenvalue weighted by Gasteiger charge is 2.23. The molecule has 156 valence electrons. The second-order valence-corrected chi connectivity index (χ2v) is 7.23. The zero-order valence-corrected chi connectivity index (χ0v) is 16.9. The van der Waals surface area contributed by atoms with Gasteiger partial charge in [0, 0.05) is 41.9 Å². The molecule has 2 amide bonds. The van der Waals surface area contributed by atoms with E-state index in [4.69, 9.17) is 4.42 Å². The van der Waals surface area contributed by atoms with Gasteiger partial charge in [-0.25, -0.2) is 0 Å². The van der Waals surface area contributed by atoms with Crippen LogP contribution in [0.3, 0.4) is 0 Å². The Morgan fingerprint density at radius 3 is 2.69 bits per heavy atom. The zero-order valence-electron chi connectivity index (χ0n) is 16.9. The molecule has 4 heterocycles. The van der Waals surface area contributed by atoms with E-state index >= 15 is 0 Å². The molecule has 0 unspecified atom stereocenters. The lowest BCUT2D eigenvalue weighted by atomic mass is 10.1. The molecule has 0 saturated carbocycles. The van der Waals surface area contributed by atoms with E-state index in [1.54, 1.807) is 42.9 Å². The summed E-state index contributed by atoms with van der Waals surface area (Å²) < 4.78 is 5.90. The summed E-state index contributed by atoms with van der Waals surface area (Å²) in [7, 11) is 0. The number of benzene rings is 1. The molecule has 0 aliphatic carbocycles. The number of aromatic nitrogens is 2. The number of fused-ring (bicyclic) bond motifs is 1. The first-order valence-electron chi connectivity index (χ1n) is 10.0. The minimum Gasteiger partial charge on any atom is -0.457 e. The molecule has 0 spiro atoms. The molecule has 0 saturated heterocycles. The van der Waals surface area contributed by atoms with Crippen molar-refractivity contribution >= 4 is 29.2 Å². The van der Waals surface area contributed by atoms with Crippen LogP contribution in [0.4, 0.5) is 5.69 Å². The number of hydrogen-bond donors (Lipinski definition) is 2. The number of carbonyl (C=O) groups excluding carboxylic acids is 2. The monoisotopic (exact) mass is 422 g/mol. The van der Waals surface area contributed by atoms with Crippen LogP contribution in [0.5, 0.6) is 0 Å². The Balaban J connectivity index is 1.30. The number of rotatable bonds is 5. The lowest BCUT2D eigenvalue weighted by Gasteiger charge is -2.05. The molecule has 7 nitrogen and oxygen atoms in total. The Morgan fingerprint density at radius 1 is 1.03 bits per heavy atom. The smallest absolute Gasteiger partial charge is 0.270 e. The Kier molecular flexibility index (Phi) is 5.05. The number of amides is 2. The minimum absolute atomic E-state index is 0.159. The number of furan rings is 1. The first-order chi connectivity index (χ1) is 15.7. The van der Waals surface area contributed by atoms with Crippen LogP contribution in [0, 0.1) is 0 Å². The molecule has 32 heavy (non-hydrogen) atoms. The lowest BCUT2D eigenvalue weighted by Crippen LogP contribution is -2.23. The first-order valence-corrected chi connectivity index (χ1v) is 10.0. The molecular weight excluding hydrogens is 404 g/mol. The Bertz CT molecular complexity index is 1320. The van der Waals surface area contributed by atoms with Gasteiger partial charge in [0.25, 0.3) is 11.8 Å². The van der Waals surface area contributed by atoms with Gasteiger partial charge in [0.05, 0.1) is 5.57 Å². The molecule has 1 aliphatic rings. The van der Waals surface area contributed by atoms with Crippen molar-refractivity contribution in [3.63, 3.8) is 0 Å². The van der Waals surface area contributed by atoms with Crippen molar-refractivity contribution in [2.24, 2.45) is 0 Å². The molecule has 0 bridgehead atoms. The molecule has 0 atom stereocenters. The van der Waals surface area contributed by atoms with E-state index in [1.165, 1.54) is 0 Å². The number of anilines is 1. The van der Waals surface area contributed by atoms with Crippen LogP contribution in [-0.2, 0) is 11.3 Å². The summed E-state index contributed by atoms with van der Waals surface area (Å²) in [5, 5.41) is 5.68. The SMILES string of the molecule is O=C1Nc2ccccc2C1=Cc1ccc(-c2ccc(C(=O)NCc3ccncc3)nc2)o1. The van der Waals surface area contributed by atoms with Gasteiger partial charge < -0.3 is 15.1 Å². The van der Waals surface area contributed by atoms with Crippen LogP contribution in [0.15, 0.2) is 83.7 Å². The summed E-state index contributed by atoms with van der Waals surface area (Å²) in [5.74, 6) is 0.734. The quantitative estimate of drug-likeness (QED) is 0.471. The standard InChI is InChI=1S/C25H18N4O3/c30-24-20(19-3-1-2-4-21(19)29-24)13-18-6-8-23(32-18)17-5-7-22(27-15-17)25(31)28-14-16-9-11-26-12-10-16/h1-13,15H,14H2,(H,28,31)(H,29,30). The molecule has 2 N–H and O–H groups in total. The van der Waals surface area contributed by atoms with E-state index in [2.05, 4.69) is 20.6 Å². The number of carbonyl (C=O) groups is 2. The largest absolute Gasteiger partial charge is 0.457 e. The first kappa shape index (κ1) is 19.4. The molecular formula is C25H18N4O3. The highest BCUT2D eigenvalue weighted by atomic mass is 16.3. The normalized spacial score (nSPS) is 13.6. The van der Waals surface area contributed by atoms with E-state index in [0.717, 1.165) is 22.4 Å². The summed E-state index contributed by atoms with van der Waals surface area (Å²) in [6.45, 7) is 0.400. The van der Waals surface area contributed by atoms with Gasteiger partial charge in [0.2, 0.25) is 0 Å². The molecule has 4 aromatic rings. The highest BCUT2D eigenvalue weighted by Crippen LogP contribution is 2.33. The minimum atomic E-state index is -0.260. The van der Waals surface area contributed by atoms with E-state index in [-0.39, 0.29) is 11.8 Å². The third kappa shape index (κ3) is 3.91. The molecule has 1 aliphatic heterocycles. The topological polar surface area (TPSA) is 97.1 Å². The van der Waals surface area contributed by atoms with Crippen LogP contribution in [-0.4, -0.2) is 21.8 Å². The highest BCUT2D eigenvalue weighted by molar-refractivity contribution is 6.34. The third-order valence-corrected chi connectivity index (χ3v) is 5.11. The molecule has 0 fully saturated rings. The van der Waals surface area contributed by atoms with Crippen molar-refractivity contribution in [1.82, 2.24) is 15.3 Å². The lowest BCUT2D eigenvalue weighted by molar-refractivity contribution is -0.110. The maximum Gasteiger partial charge on any atom is 0.270 e. The maximum atomic E-state index is 12.3. The number of hydrogen-bond acceptors (Lipinski definition) is 5. The molecule has 1 aromatic carbocycles. The van der Waals surface area contributed by atoms with Crippen molar-refractivity contribution in [3.8, 4) is 11.3 Å². The van der Waals surface area contributed by atoms with Gasteiger partial charge in [0.15, 0.2) is 0 Å². The molecule has 0 radical (unpaired) electrons. The van der Waals surface area contributed by atoms with E-state index in [9.17, 15) is 9.59 Å². The Hall–Kier alpha value is -4.52. The number of nitrogens with zero attached hydrogens (tertiary/aromatic N) is 2. The molecule has 5 rings (SSSR count). The van der Waals surface area contributed by atoms with Gasteiger partial charge in [0.1, 0.15) is 17.2 Å². The molecule has 3 aromatic heterocycles. The van der Waals surface area contributed by atoms with Crippen molar-refractivity contribution < 1.29 is 14.0 Å². The van der Waals surface area contributed by atoms with E-state index in [1.807, 2.05) is 42.5 Å². The van der Waals surface area contributed by atoms with E-state index in [0.29, 0.717) is 29.3 Å². The molecule has 7 heteroatoms. The average molecular weight is 422 g/mol. The number of para-hydroxylation sites is 1. The van der Waals surface area contributed by atoms with E-state index < -0.39 is 0 Å². The summed E-state index contributed by atoms with van der Waals surface area (Å²) in [6.07, 6.45) is 6.67. The maximum absolute atomic E-state index is 12.3. The van der Waals surface area contributed by atoms with Gasteiger partial charge in [-0.1, -0.05) is 18.2 Å². The fraction of sp³-hybridized carbons (Fsp3) is 0.0400. The van der Waals surface area contributed by atoms with Gasteiger partial charge in [-0.3, -0.25) is 19.6 Å². The van der Waals surface area contributed by atoms with Gasteiger partial charge >= 0.3 is 0 Å². The van der Waals surface area contributed by atoms with Crippen LogP contribution < -0.4 is 10.6 Å². The fourth-order valence-electron chi connectivity index (χ4n) is 3.46. The predicted molar refractivity (Wildman–Crippen MR) is 120 cm³/mol. The summed E-state index contributed by atoms with van der Waals surface area (Å²) in [6, 6.07) is 18.2. The summed E-state index contributed by atoms with van der Waals surface area (Å²) in [5.41, 5.74) is 4.20. The van der Waals surface area contributed by atoms with Crippen LogP contribution in [0.2, 0.25) is 0 Å². The van der Waals surface area contributed by atoms with Gasteiger partial charge in [-0.2, -0.15) is 0 Å². The van der Waals surface area contributed by atoms with Crippen molar-refractivity contribution in [1.29, 1.82) is 0 Å². The Labute approximate surface area is 183 Å². The third-order valence-electron chi connectivity index (χ3n) is 5.11. The predicted octanol–water partition coefficient (Wildman–Crippen LogP) is 4.16. The van der Waals surface area contributed by atoms with Crippen LogP contribution >= 0.6 is 0 Å². The number of pyridine rings is 2. The summed E-state index contributed by atoms with van der Waals surface area (Å²) in [4.78, 5) is 32.8. The van der Waals surface area contributed by atoms with Crippen LogP contribution in [0.1, 0.15) is 27.4 Å². The second-order valence-electron chi connectivity index (χ2n) is 7.23. The fourth-order valence-corrected chi connectivity index (χ4v) is 3.46. The average Bonchev–Trinajstić information content (AvgIpc) is 3.43. The summed E-state index contributed by atoms with van der Waals surface area (Å²) >= 11 is 0. The van der Waals surface area contributed by atoms with Gasteiger partial charge in [-0.15, -0.1) is 0 Å². The zero-order chi connectivity index (χ0) is 21.9. The van der Waals surface area contributed by atoms with Crippen molar-refractivity contribution in [2.45, 2.75) is 6.54 Å². The second kappa shape index (κ2) is 8.31.